The van der Waals surface area contributed by atoms with Crippen LogP contribution in [0.1, 0.15) is 361 Å². The maximum atomic E-state index is 12.5. The highest BCUT2D eigenvalue weighted by Gasteiger charge is 2.20. The quantitative estimate of drug-likeness (QED) is 0.0321. The summed E-state index contributed by atoms with van der Waals surface area (Å²) in [5.41, 5.74) is 0. The van der Waals surface area contributed by atoms with E-state index in [0.717, 1.165) is 64.2 Å². The monoisotopic (exact) mass is 988 g/mol. The smallest absolute Gasteiger partial charge is 0.305 e. The van der Waals surface area contributed by atoms with Gasteiger partial charge >= 0.3 is 5.97 Å². The minimum absolute atomic E-state index is 0.00300. The highest BCUT2D eigenvalue weighted by molar-refractivity contribution is 5.76. The lowest BCUT2D eigenvalue weighted by molar-refractivity contribution is -0.143. The van der Waals surface area contributed by atoms with Crippen molar-refractivity contribution in [2.75, 3.05) is 13.2 Å². The van der Waals surface area contributed by atoms with Crippen LogP contribution in [0, 0.1) is 0 Å². The predicted molar refractivity (Wildman–Crippen MR) is 306 cm³/mol. The van der Waals surface area contributed by atoms with Gasteiger partial charge in [-0.05, 0) is 51.4 Å². The van der Waals surface area contributed by atoms with E-state index in [9.17, 15) is 19.8 Å². The average Bonchev–Trinajstić information content (AvgIpc) is 3.36. The Morgan fingerprint density at radius 2 is 0.671 bits per heavy atom. The minimum Gasteiger partial charge on any atom is -0.466 e. The first-order valence-electron chi connectivity index (χ1n) is 31.9. The largest absolute Gasteiger partial charge is 0.466 e. The molecule has 0 fully saturated rings. The maximum Gasteiger partial charge on any atom is 0.305 e. The van der Waals surface area contributed by atoms with Crippen molar-refractivity contribution in [1.82, 2.24) is 5.32 Å². The normalized spacial score (nSPS) is 12.6. The van der Waals surface area contributed by atoms with Crippen LogP contribution in [0.4, 0.5) is 0 Å². The van der Waals surface area contributed by atoms with Gasteiger partial charge in [0, 0.05) is 12.8 Å². The van der Waals surface area contributed by atoms with E-state index in [0.29, 0.717) is 25.9 Å². The zero-order chi connectivity index (χ0) is 50.7. The second-order valence-electron chi connectivity index (χ2n) is 22.1. The molecular weight excluding hydrogens is 863 g/mol. The summed E-state index contributed by atoms with van der Waals surface area (Å²) >= 11 is 0. The second kappa shape index (κ2) is 60.2. The number of aliphatic hydroxyl groups excluding tert-OH is 2. The number of hydrogen-bond donors (Lipinski definition) is 3. The topological polar surface area (TPSA) is 95.9 Å². The molecule has 3 N–H and O–H groups in total. The third kappa shape index (κ3) is 55.9. The van der Waals surface area contributed by atoms with Crippen LogP contribution in [-0.2, 0) is 14.3 Å². The zero-order valence-electron chi connectivity index (χ0n) is 47.5. The standard InChI is InChI=1S/C64H125NO5/c1-3-5-7-9-11-13-15-17-19-21-23-25-30-34-38-42-46-50-54-58-64(69)70-59-55-51-47-43-39-35-31-27-26-29-33-37-41-45-49-53-57-63(68)65-61(60-66)62(67)56-52-48-44-40-36-32-28-24-22-20-18-16-14-12-10-8-6-4-2/h26,29,61-62,66-67H,3-25,27-28,30-60H2,1-2H3,(H,65,68)/b29-26-. The molecule has 70 heavy (non-hydrogen) atoms. The number of amides is 1. The molecule has 0 spiro atoms. The summed E-state index contributed by atoms with van der Waals surface area (Å²) in [6.45, 7) is 4.97. The highest BCUT2D eigenvalue weighted by Crippen LogP contribution is 2.18. The molecule has 6 nitrogen and oxygen atoms in total. The van der Waals surface area contributed by atoms with Crippen molar-refractivity contribution in [2.45, 2.75) is 373 Å². The first-order chi connectivity index (χ1) is 34.5. The number of aliphatic hydroxyl groups is 2. The maximum absolute atomic E-state index is 12.5. The van der Waals surface area contributed by atoms with Crippen molar-refractivity contribution >= 4 is 11.9 Å². The summed E-state index contributed by atoms with van der Waals surface area (Å²) in [5.74, 6) is -0.0454. The van der Waals surface area contributed by atoms with E-state index in [4.69, 9.17) is 4.74 Å². The molecule has 6 heteroatoms. The van der Waals surface area contributed by atoms with Crippen LogP contribution < -0.4 is 5.32 Å². The lowest BCUT2D eigenvalue weighted by atomic mass is 10.0. The number of allylic oxidation sites excluding steroid dienone is 2. The van der Waals surface area contributed by atoms with E-state index in [1.54, 1.807) is 0 Å². The molecule has 0 bridgehead atoms. The number of rotatable bonds is 60. The molecule has 0 saturated carbocycles. The Hall–Kier alpha value is -1.40. The Bertz CT molecular complexity index is 1050. The third-order valence-electron chi connectivity index (χ3n) is 15.1. The highest BCUT2D eigenvalue weighted by atomic mass is 16.5. The Kier molecular flexibility index (Phi) is 59.0. The Morgan fingerprint density at radius 3 is 1.01 bits per heavy atom. The SMILES string of the molecule is CCCCCCCCCCCCCCCCCCCCCC(=O)OCCCCCCCCC/C=C\CCCCCCCC(=O)NC(CO)C(O)CCCCCCCCCCCCCCCCCCCC. The molecule has 0 saturated heterocycles. The van der Waals surface area contributed by atoms with Gasteiger partial charge in [0.1, 0.15) is 0 Å². The molecule has 0 aliphatic heterocycles. The van der Waals surface area contributed by atoms with Crippen molar-refractivity contribution in [2.24, 2.45) is 0 Å². The van der Waals surface area contributed by atoms with Gasteiger partial charge in [-0.25, -0.2) is 0 Å². The number of carbonyl (C=O) groups excluding carboxylic acids is 2. The molecule has 0 radical (unpaired) electrons. The van der Waals surface area contributed by atoms with Crippen LogP contribution in [0.25, 0.3) is 0 Å². The lowest BCUT2D eigenvalue weighted by Crippen LogP contribution is -2.45. The fraction of sp³-hybridized carbons (Fsp3) is 0.938. The summed E-state index contributed by atoms with van der Waals surface area (Å²) < 4.78 is 5.49. The van der Waals surface area contributed by atoms with E-state index in [1.165, 1.54) is 263 Å². The molecular formula is C64H125NO5. The Morgan fingerprint density at radius 1 is 0.386 bits per heavy atom. The zero-order valence-corrected chi connectivity index (χ0v) is 47.5. The fourth-order valence-electron chi connectivity index (χ4n) is 10.2. The fourth-order valence-corrected chi connectivity index (χ4v) is 10.2. The molecule has 2 unspecified atom stereocenters. The Balaban J connectivity index is 3.43. The van der Waals surface area contributed by atoms with Gasteiger partial charge < -0.3 is 20.3 Å². The first-order valence-corrected chi connectivity index (χ1v) is 31.9. The molecule has 0 heterocycles. The number of ether oxygens (including phenoxy) is 1. The van der Waals surface area contributed by atoms with E-state index in [2.05, 4.69) is 31.3 Å². The summed E-state index contributed by atoms with van der Waals surface area (Å²) in [4.78, 5) is 24.6. The van der Waals surface area contributed by atoms with Crippen LogP contribution in [0.2, 0.25) is 0 Å². The van der Waals surface area contributed by atoms with Crippen molar-refractivity contribution < 1.29 is 24.5 Å². The van der Waals surface area contributed by atoms with Crippen molar-refractivity contribution in [3.05, 3.63) is 12.2 Å². The minimum atomic E-state index is -0.675. The van der Waals surface area contributed by atoms with E-state index < -0.39 is 12.1 Å². The molecule has 0 rings (SSSR count). The van der Waals surface area contributed by atoms with Crippen LogP contribution >= 0.6 is 0 Å². The number of carbonyl (C=O) groups is 2. The number of nitrogens with one attached hydrogen (secondary N) is 1. The van der Waals surface area contributed by atoms with Crippen LogP contribution in [0.3, 0.4) is 0 Å². The van der Waals surface area contributed by atoms with Crippen molar-refractivity contribution in [1.29, 1.82) is 0 Å². The van der Waals surface area contributed by atoms with Crippen molar-refractivity contribution in [3.8, 4) is 0 Å². The number of esters is 1. The third-order valence-corrected chi connectivity index (χ3v) is 15.1. The molecule has 1 amide bonds. The summed E-state index contributed by atoms with van der Waals surface area (Å²) in [6, 6.07) is -0.553. The van der Waals surface area contributed by atoms with Gasteiger partial charge in [-0.3, -0.25) is 9.59 Å². The van der Waals surface area contributed by atoms with Crippen LogP contribution in [0.5, 0.6) is 0 Å². The molecule has 0 aromatic rings. The molecule has 2 atom stereocenters. The summed E-state index contributed by atoms with van der Waals surface area (Å²) in [7, 11) is 0. The number of hydrogen-bond acceptors (Lipinski definition) is 5. The Labute approximate surface area is 438 Å². The van der Waals surface area contributed by atoms with E-state index >= 15 is 0 Å². The molecule has 416 valence electrons. The van der Waals surface area contributed by atoms with Gasteiger partial charge in [0.15, 0.2) is 0 Å². The second-order valence-corrected chi connectivity index (χ2v) is 22.1. The molecule has 0 aliphatic rings. The molecule has 0 aromatic carbocycles. The lowest BCUT2D eigenvalue weighted by Gasteiger charge is -2.22. The van der Waals surface area contributed by atoms with Gasteiger partial charge in [-0.15, -0.1) is 0 Å². The molecule has 0 aromatic heterocycles. The predicted octanol–water partition coefficient (Wildman–Crippen LogP) is 20.0. The summed E-state index contributed by atoms with van der Waals surface area (Å²) in [6.07, 6.45) is 72.2. The van der Waals surface area contributed by atoms with E-state index in [-0.39, 0.29) is 18.5 Å². The van der Waals surface area contributed by atoms with E-state index in [1.807, 2.05) is 0 Å². The average molecular weight is 989 g/mol. The summed E-state index contributed by atoms with van der Waals surface area (Å²) in [5, 5.41) is 23.3. The van der Waals surface area contributed by atoms with Gasteiger partial charge in [0.2, 0.25) is 5.91 Å². The van der Waals surface area contributed by atoms with Crippen LogP contribution in [-0.4, -0.2) is 47.4 Å². The van der Waals surface area contributed by atoms with Crippen molar-refractivity contribution in [3.63, 3.8) is 0 Å². The van der Waals surface area contributed by atoms with Gasteiger partial charge in [-0.2, -0.15) is 0 Å². The molecule has 0 aliphatic carbocycles. The first kappa shape index (κ1) is 68.6. The van der Waals surface area contributed by atoms with Gasteiger partial charge in [-0.1, -0.05) is 309 Å². The van der Waals surface area contributed by atoms with Crippen LogP contribution in [0.15, 0.2) is 12.2 Å². The van der Waals surface area contributed by atoms with Gasteiger partial charge in [0.05, 0.1) is 25.4 Å². The van der Waals surface area contributed by atoms with Gasteiger partial charge in [0.25, 0.3) is 0 Å². The number of unbranched alkanes of at least 4 members (excludes halogenated alkanes) is 47.